The molecule has 13 heteroatoms. The Labute approximate surface area is 193 Å². The fraction of sp³-hybridized carbons (Fsp3) is 0.700. The number of hydrogen-bond donors (Lipinski definition) is 7. The van der Waals surface area contributed by atoms with Gasteiger partial charge in [0.25, 0.3) is 0 Å². The van der Waals surface area contributed by atoms with Crippen molar-refractivity contribution >= 4 is 35.4 Å². The molecule has 13 nitrogen and oxygen atoms in total. The van der Waals surface area contributed by atoms with E-state index in [2.05, 4.69) is 21.3 Å². The fourth-order valence-electron chi connectivity index (χ4n) is 2.70. The maximum atomic E-state index is 12.9. The molecule has 188 valence electrons. The van der Waals surface area contributed by atoms with Crippen LogP contribution in [0.4, 0.5) is 0 Å². The topological polar surface area (TPSA) is 229 Å². The maximum absolute atomic E-state index is 12.9. The minimum Gasteiger partial charge on any atom is -0.370 e. The van der Waals surface area contributed by atoms with Crippen molar-refractivity contribution in [1.29, 1.82) is 0 Å². The van der Waals surface area contributed by atoms with E-state index in [1.807, 2.05) is 0 Å². The fourth-order valence-corrected chi connectivity index (χ4v) is 2.70. The molecule has 4 atom stereocenters. The first-order valence-electron chi connectivity index (χ1n) is 10.7. The van der Waals surface area contributed by atoms with E-state index in [-0.39, 0.29) is 31.2 Å². The van der Waals surface area contributed by atoms with Crippen LogP contribution in [0.25, 0.3) is 0 Å². The predicted octanol–water partition coefficient (Wildman–Crippen LogP) is -3.03. The van der Waals surface area contributed by atoms with Gasteiger partial charge in [-0.25, -0.2) is 0 Å². The summed E-state index contributed by atoms with van der Waals surface area (Å²) < 4.78 is 0. The predicted molar refractivity (Wildman–Crippen MR) is 120 cm³/mol. The monoisotopic (exact) mass is 471 g/mol. The second kappa shape index (κ2) is 14.0. The third-order valence-corrected chi connectivity index (χ3v) is 4.72. The number of nitrogens with two attached hydrogens (primary N) is 3. The van der Waals surface area contributed by atoms with Gasteiger partial charge in [0, 0.05) is 6.42 Å². The summed E-state index contributed by atoms with van der Waals surface area (Å²) in [5, 5.41) is 9.89. The van der Waals surface area contributed by atoms with Crippen molar-refractivity contribution in [3.05, 3.63) is 0 Å². The Kier molecular flexibility index (Phi) is 12.7. The highest BCUT2D eigenvalue weighted by molar-refractivity contribution is 5.95. The van der Waals surface area contributed by atoms with Crippen molar-refractivity contribution in [1.82, 2.24) is 21.3 Å². The van der Waals surface area contributed by atoms with Crippen molar-refractivity contribution < 1.29 is 28.8 Å². The minimum atomic E-state index is -1.03. The van der Waals surface area contributed by atoms with Gasteiger partial charge in [0.1, 0.15) is 18.1 Å². The Morgan fingerprint density at radius 3 is 1.55 bits per heavy atom. The first-order valence-corrected chi connectivity index (χ1v) is 10.7. The number of carbonyl (C=O) groups excluding carboxylic acids is 6. The van der Waals surface area contributed by atoms with Crippen LogP contribution < -0.4 is 38.5 Å². The lowest BCUT2D eigenvalue weighted by molar-refractivity contribution is -0.135. The summed E-state index contributed by atoms with van der Waals surface area (Å²) >= 11 is 0. The summed E-state index contributed by atoms with van der Waals surface area (Å²) in [5.41, 5.74) is 15.8. The van der Waals surface area contributed by atoms with Gasteiger partial charge in [-0.3, -0.25) is 28.8 Å². The molecule has 0 saturated heterocycles. The van der Waals surface area contributed by atoms with E-state index in [0.717, 1.165) is 0 Å². The highest BCUT2D eigenvalue weighted by atomic mass is 16.2. The number of amides is 6. The molecule has 33 heavy (non-hydrogen) atoms. The average molecular weight is 472 g/mol. The Bertz CT molecular complexity index is 740. The van der Waals surface area contributed by atoms with Gasteiger partial charge >= 0.3 is 0 Å². The van der Waals surface area contributed by atoms with Crippen LogP contribution >= 0.6 is 0 Å². The Morgan fingerprint density at radius 2 is 1.12 bits per heavy atom. The highest BCUT2D eigenvalue weighted by Gasteiger charge is 2.32. The van der Waals surface area contributed by atoms with Crippen LogP contribution in [-0.4, -0.2) is 66.2 Å². The number of nitrogens with one attached hydrogen (secondary N) is 4. The lowest BCUT2D eigenvalue weighted by atomic mass is 9.99. The SMILES string of the molecule is CC(C)[C@H](NC(=O)[C@@H](NC(=O)[C@@H](N)CCC(N)=O)C(C)C)C(=O)N[C@@H](C)C(=O)NCC(N)=O. The summed E-state index contributed by atoms with van der Waals surface area (Å²) in [6.07, 6.45) is -0.0474. The normalized spacial score (nSPS) is 14.5. The van der Waals surface area contributed by atoms with Crippen LogP contribution in [0.15, 0.2) is 0 Å². The van der Waals surface area contributed by atoms with Crippen molar-refractivity contribution in [3.8, 4) is 0 Å². The molecule has 10 N–H and O–H groups in total. The van der Waals surface area contributed by atoms with Crippen molar-refractivity contribution in [2.24, 2.45) is 29.0 Å². The summed E-state index contributed by atoms with van der Waals surface area (Å²) in [6, 6.07) is -4.03. The van der Waals surface area contributed by atoms with Gasteiger partial charge in [0.2, 0.25) is 35.4 Å². The summed E-state index contributed by atoms with van der Waals surface area (Å²) in [4.78, 5) is 71.5. The van der Waals surface area contributed by atoms with Crippen LogP contribution in [0, 0.1) is 11.8 Å². The number of primary amides is 2. The van der Waals surface area contributed by atoms with E-state index in [1.165, 1.54) is 6.92 Å². The van der Waals surface area contributed by atoms with Crippen LogP contribution in [0.2, 0.25) is 0 Å². The molecule has 0 heterocycles. The van der Waals surface area contributed by atoms with Crippen molar-refractivity contribution in [2.75, 3.05) is 6.54 Å². The third kappa shape index (κ3) is 11.3. The van der Waals surface area contributed by atoms with Crippen molar-refractivity contribution in [2.45, 2.75) is 71.6 Å². The second-order valence-corrected chi connectivity index (χ2v) is 8.49. The van der Waals surface area contributed by atoms with Crippen molar-refractivity contribution in [3.63, 3.8) is 0 Å². The largest absolute Gasteiger partial charge is 0.370 e. The Morgan fingerprint density at radius 1 is 0.667 bits per heavy atom. The first kappa shape index (κ1) is 29.8. The van der Waals surface area contributed by atoms with Crippen LogP contribution in [0.5, 0.6) is 0 Å². The average Bonchev–Trinajstić information content (AvgIpc) is 2.70. The standard InChI is InChI=1S/C20H37N7O6/c1-9(2)15(19(32)25-11(5)17(30)24-8-14(23)29)27-20(33)16(10(3)4)26-18(31)12(21)6-7-13(22)28/h9-12,15-16H,6-8,21H2,1-5H3,(H2,22,28)(H2,23,29)(H,24,30)(H,25,32)(H,26,31)(H,27,33)/t11-,12-,15-,16-/m0/s1. The quantitative estimate of drug-likeness (QED) is 0.138. The third-order valence-electron chi connectivity index (χ3n) is 4.72. The lowest BCUT2D eigenvalue weighted by Crippen LogP contribution is -2.59. The Hall–Kier alpha value is -3.22. The molecule has 0 radical (unpaired) electrons. The molecule has 0 unspecified atom stereocenters. The molecule has 0 saturated carbocycles. The molecule has 0 spiro atoms. The molecule has 0 aromatic heterocycles. The van der Waals surface area contributed by atoms with E-state index >= 15 is 0 Å². The van der Waals surface area contributed by atoms with Gasteiger partial charge in [-0.1, -0.05) is 27.7 Å². The van der Waals surface area contributed by atoms with Crippen LogP contribution in [0.3, 0.4) is 0 Å². The molecule has 0 aliphatic rings. The molecule has 0 bridgehead atoms. The van der Waals surface area contributed by atoms with E-state index in [9.17, 15) is 28.8 Å². The summed E-state index contributed by atoms with van der Waals surface area (Å²) in [7, 11) is 0. The maximum Gasteiger partial charge on any atom is 0.243 e. The summed E-state index contributed by atoms with van der Waals surface area (Å²) in [6.45, 7) is 7.85. The van der Waals surface area contributed by atoms with Gasteiger partial charge in [-0.05, 0) is 25.2 Å². The van der Waals surface area contributed by atoms with Gasteiger partial charge in [-0.15, -0.1) is 0 Å². The van der Waals surface area contributed by atoms with Crippen LogP contribution in [-0.2, 0) is 28.8 Å². The second-order valence-electron chi connectivity index (χ2n) is 8.49. The summed E-state index contributed by atoms with van der Waals surface area (Å²) in [5.74, 6) is -4.50. The zero-order valence-corrected chi connectivity index (χ0v) is 19.8. The molecule has 0 aliphatic heterocycles. The molecule has 0 aromatic carbocycles. The van der Waals surface area contributed by atoms with Gasteiger partial charge < -0.3 is 38.5 Å². The van der Waals surface area contributed by atoms with E-state index in [0.29, 0.717) is 0 Å². The van der Waals surface area contributed by atoms with Gasteiger partial charge in [-0.2, -0.15) is 0 Å². The zero-order chi connectivity index (χ0) is 25.9. The van der Waals surface area contributed by atoms with Crippen LogP contribution in [0.1, 0.15) is 47.5 Å². The van der Waals surface area contributed by atoms with E-state index in [4.69, 9.17) is 17.2 Å². The van der Waals surface area contributed by atoms with Gasteiger partial charge in [0.05, 0.1) is 12.6 Å². The first-order chi connectivity index (χ1) is 15.2. The molecular formula is C20H37N7O6. The molecule has 0 rings (SSSR count). The number of rotatable bonds is 14. The molecule has 0 fully saturated rings. The Balaban J connectivity index is 5.18. The molecular weight excluding hydrogens is 434 g/mol. The molecule has 0 aromatic rings. The highest BCUT2D eigenvalue weighted by Crippen LogP contribution is 2.08. The number of hydrogen-bond acceptors (Lipinski definition) is 7. The van der Waals surface area contributed by atoms with E-state index < -0.39 is 59.6 Å². The zero-order valence-electron chi connectivity index (χ0n) is 19.8. The smallest absolute Gasteiger partial charge is 0.243 e. The van der Waals surface area contributed by atoms with Gasteiger partial charge in [0.15, 0.2) is 0 Å². The minimum absolute atomic E-state index is 0.0281. The number of carbonyl (C=O) groups is 6. The molecule has 0 aliphatic carbocycles. The lowest BCUT2D eigenvalue weighted by Gasteiger charge is -2.28. The molecule has 6 amide bonds. The van der Waals surface area contributed by atoms with E-state index in [1.54, 1.807) is 27.7 Å².